The highest BCUT2D eigenvalue weighted by Crippen LogP contribution is 2.38. The Labute approximate surface area is 155 Å². The molecule has 0 atom stereocenters. The molecule has 1 fully saturated rings. The smallest absolute Gasteiger partial charge is 0.0175 e. The van der Waals surface area contributed by atoms with Crippen molar-refractivity contribution in [1.82, 2.24) is 0 Å². The molecule has 0 heterocycles. The van der Waals surface area contributed by atoms with Gasteiger partial charge in [0.05, 0.1) is 0 Å². The van der Waals surface area contributed by atoms with Gasteiger partial charge in [-0.15, -0.1) is 0 Å². The van der Waals surface area contributed by atoms with Crippen molar-refractivity contribution in [2.75, 3.05) is 0 Å². The monoisotopic (exact) mass is 384 g/mol. The van der Waals surface area contributed by atoms with Crippen molar-refractivity contribution in [3.05, 3.63) is 58.6 Å². The minimum atomic E-state index is 0.784. The van der Waals surface area contributed by atoms with Crippen molar-refractivity contribution in [1.29, 1.82) is 0 Å². The van der Waals surface area contributed by atoms with Crippen molar-refractivity contribution in [2.45, 2.75) is 64.2 Å². The number of rotatable bonds is 6. The molecule has 0 spiro atoms. The van der Waals surface area contributed by atoms with Crippen LogP contribution in [-0.4, -0.2) is 0 Å². The summed E-state index contributed by atoms with van der Waals surface area (Å²) in [4.78, 5) is 0. The third kappa shape index (κ3) is 4.72. The molecule has 1 aliphatic rings. The number of halogens is 1. The zero-order valence-corrected chi connectivity index (χ0v) is 16.4. The van der Waals surface area contributed by atoms with Gasteiger partial charge in [0, 0.05) is 4.47 Å². The molecule has 2 aromatic rings. The Morgan fingerprint density at radius 3 is 1.96 bits per heavy atom. The molecule has 0 N–H and O–H groups in total. The normalized spacial score (nSPS) is 20.9. The van der Waals surface area contributed by atoms with Crippen molar-refractivity contribution in [2.24, 2.45) is 5.92 Å². The van der Waals surface area contributed by atoms with Gasteiger partial charge in [0.15, 0.2) is 0 Å². The molecule has 0 nitrogen and oxygen atoms in total. The SMILES string of the molecule is CCCCC[C@H]1CC[C@H](c2ccc(-c3ccc(Br)cc3)cc2)CC1. The van der Waals surface area contributed by atoms with E-state index in [9.17, 15) is 0 Å². The molecule has 0 amide bonds. The largest absolute Gasteiger partial charge is 0.0654 e. The van der Waals surface area contributed by atoms with E-state index in [1.807, 2.05) is 0 Å². The third-order valence-corrected chi connectivity index (χ3v) is 6.15. The predicted molar refractivity (Wildman–Crippen MR) is 108 cm³/mol. The molecule has 1 saturated carbocycles. The van der Waals surface area contributed by atoms with Crippen LogP contribution in [0.25, 0.3) is 11.1 Å². The summed E-state index contributed by atoms with van der Waals surface area (Å²) in [6, 6.07) is 17.9. The zero-order valence-electron chi connectivity index (χ0n) is 14.8. The van der Waals surface area contributed by atoms with Gasteiger partial charge in [-0.25, -0.2) is 0 Å². The molecule has 0 radical (unpaired) electrons. The standard InChI is InChI=1S/C23H29Br/c1-2-3-4-5-18-6-8-19(9-7-18)20-10-12-21(13-11-20)22-14-16-23(24)17-15-22/h10-19H,2-9H2,1H3/t18-,19-. The van der Waals surface area contributed by atoms with Crippen LogP contribution in [0.1, 0.15) is 69.8 Å². The highest BCUT2D eigenvalue weighted by Gasteiger charge is 2.21. The number of hydrogen-bond acceptors (Lipinski definition) is 0. The molecule has 0 unspecified atom stereocenters. The lowest BCUT2D eigenvalue weighted by Crippen LogP contribution is -2.13. The van der Waals surface area contributed by atoms with Gasteiger partial charge >= 0.3 is 0 Å². The maximum atomic E-state index is 3.51. The second-order valence-corrected chi connectivity index (χ2v) is 8.26. The van der Waals surface area contributed by atoms with Crippen LogP contribution < -0.4 is 0 Å². The fourth-order valence-corrected chi connectivity index (χ4v) is 4.32. The van der Waals surface area contributed by atoms with Crippen LogP contribution >= 0.6 is 15.9 Å². The van der Waals surface area contributed by atoms with Gasteiger partial charge in [-0.05, 0) is 66.3 Å². The summed E-state index contributed by atoms with van der Waals surface area (Å²) < 4.78 is 1.14. The van der Waals surface area contributed by atoms with Crippen LogP contribution in [0.3, 0.4) is 0 Å². The van der Waals surface area contributed by atoms with Gasteiger partial charge in [0.1, 0.15) is 0 Å². The van der Waals surface area contributed by atoms with E-state index in [2.05, 4.69) is 71.4 Å². The molecule has 0 saturated heterocycles. The van der Waals surface area contributed by atoms with Gasteiger partial charge in [-0.3, -0.25) is 0 Å². The molecule has 0 bridgehead atoms. The lowest BCUT2D eigenvalue weighted by molar-refractivity contribution is 0.303. The number of hydrogen-bond donors (Lipinski definition) is 0. The second kappa shape index (κ2) is 8.85. The molecule has 0 aromatic heterocycles. The summed E-state index contributed by atoms with van der Waals surface area (Å²) in [5.41, 5.74) is 4.16. The first kappa shape index (κ1) is 17.7. The van der Waals surface area contributed by atoms with Crippen LogP contribution in [0.4, 0.5) is 0 Å². The Bertz CT molecular complexity index is 603. The fraction of sp³-hybridized carbons (Fsp3) is 0.478. The van der Waals surface area contributed by atoms with Crippen LogP contribution in [0.5, 0.6) is 0 Å². The van der Waals surface area contributed by atoms with Gasteiger partial charge < -0.3 is 0 Å². The Morgan fingerprint density at radius 2 is 1.38 bits per heavy atom. The van der Waals surface area contributed by atoms with Crippen molar-refractivity contribution < 1.29 is 0 Å². The quantitative estimate of drug-likeness (QED) is 0.442. The van der Waals surface area contributed by atoms with E-state index in [4.69, 9.17) is 0 Å². The van der Waals surface area contributed by atoms with Crippen LogP contribution in [0.15, 0.2) is 53.0 Å². The molecular formula is C23H29Br. The Morgan fingerprint density at radius 1 is 0.792 bits per heavy atom. The Kier molecular flexibility index (Phi) is 6.54. The minimum absolute atomic E-state index is 0.784. The number of unbranched alkanes of at least 4 members (excludes halogenated alkanes) is 2. The first-order valence-electron chi connectivity index (χ1n) is 9.62. The van der Waals surface area contributed by atoms with Gasteiger partial charge in [-0.1, -0.05) is 84.9 Å². The minimum Gasteiger partial charge on any atom is -0.0654 e. The highest BCUT2D eigenvalue weighted by atomic mass is 79.9. The van der Waals surface area contributed by atoms with Crippen LogP contribution in [0.2, 0.25) is 0 Å². The van der Waals surface area contributed by atoms with E-state index in [1.54, 1.807) is 5.56 Å². The molecule has 2 aromatic carbocycles. The van der Waals surface area contributed by atoms with E-state index < -0.39 is 0 Å². The Hall–Kier alpha value is -1.08. The van der Waals surface area contributed by atoms with E-state index in [1.165, 1.54) is 62.5 Å². The van der Waals surface area contributed by atoms with E-state index >= 15 is 0 Å². The fourth-order valence-electron chi connectivity index (χ4n) is 4.06. The average Bonchev–Trinajstić information content (AvgIpc) is 2.63. The summed E-state index contributed by atoms with van der Waals surface area (Å²) in [7, 11) is 0. The number of benzene rings is 2. The second-order valence-electron chi connectivity index (χ2n) is 7.34. The molecule has 1 aliphatic carbocycles. The van der Waals surface area contributed by atoms with Gasteiger partial charge in [-0.2, -0.15) is 0 Å². The maximum absolute atomic E-state index is 3.51. The predicted octanol–water partition coefficient (Wildman–Crippen LogP) is 7.97. The first-order valence-corrected chi connectivity index (χ1v) is 10.4. The van der Waals surface area contributed by atoms with Crippen molar-refractivity contribution in [3.8, 4) is 11.1 Å². The summed E-state index contributed by atoms with van der Waals surface area (Å²) in [5, 5.41) is 0. The van der Waals surface area contributed by atoms with E-state index in [-0.39, 0.29) is 0 Å². The molecule has 0 aliphatic heterocycles. The van der Waals surface area contributed by atoms with E-state index in [0.29, 0.717) is 0 Å². The first-order chi connectivity index (χ1) is 11.8. The maximum Gasteiger partial charge on any atom is 0.0175 e. The summed E-state index contributed by atoms with van der Waals surface area (Å²) in [5.74, 6) is 1.78. The summed E-state index contributed by atoms with van der Waals surface area (Å²) >= 11 is 3.51. The Balaban J connectivity index is 1.56. The highest BCUT2D eigenvalue weighted by molar-refractivity contribution is 9.10. The average molecular weight is 385 g/mol. The summed E-state index contributed by atoms with van der Waals surface area (Å²) in [6.45, 7) is 2.30. The topological polar surface area (TPSA) is 0 Å². The van der Waals surface area contributed by atoms with Crippen LogP contribution in [-0.2, 0) is 0 Å². The molecule has 1 heteroatoms. The molecule has 128 valence electrons. The lowest BCUT2D eigenvalue weighted by atomic mass is 9.77. The lowest BCUT2D eigenvalue weighted by Gasteiger charge is -2.29. The van der Waals surface area contributed by atoms with Crippen molar-refractivity contribution in [3.63, 3.8) is 0 Å². The molecule has 3 rings (SSSR count). The third-order valence-electron chi connectivity index (χ3n) is 5.62. The summed E-state index contributed by atoms with van der Waals surface area (Å²) in [6.07, 6.45) is 11.3. The molecular weight excluding hydrogens is 356 g/mol. The van der Waals surface area contributed by atoms with Gasteiger partial charge in [0.25, 0.3) is 0 Å². The van der Waals surface area contributed by atoms with Crippen LogP contribution in [0, 0.1) is 5.92 Å². The van der Waals surface area contributed by atoms with Crippen molar-refractivity contribution >= 4 is 15.9 Å². The van der Waals surface area contributed by atoms with E-state index in [0.717, 1.165) is 16.3 Å². The van der Waals surface area contributed by atoms with Gasteiger partial charge in [0.2, 0.25) is 0 Å². The zero-order chi connectivity index (χ0) is 16.8. The molecule has 24 heavy (non-hydrogen) atoms.